The molecule has 3 aromatic rings. The van der Waals surface area contributed by atoms with E-state index in [1.165, 1.54) is 12.1 Å². The zero-order chi connectivity index (χ0) is 27.2. The van der Waals surface area contributed by atoms with Gasteiger partial charge in [0, 0.05) is 29.6 Å². The molecule has 2 aromatic carbocycles. The van der Waals surface area contributed by atoms with Crippen molar-refractivity contribution in [1.82, 2.24) is 25.3 Å². The molecule has 1 aromatic heterocycles. The third-order valence-electron chi connectivity index (χ3n) is 5.94. The van der Waals surface area contributed by atoms with Gasteiger partial charge in [-0.3, -0.25) is 5.10 Å². The Kier molecular flexibility index (Phi) is 9.03. The number of rotatable bonds is 5. The number of aromatic nitrogens is 2. The summed E-state index contributed by atoms with van der Waals surface area (Å²) in [4.78, 5) is 25.9. The van der Waals surface area contributed by atoms with Crippen LogP contribution in [0.2, 0.25) is 0 Å². The van der Waals surface area contributed by atoms with Crippen molar-refractivity contribution in [3.05, 3.63) is 65.4 Å². The predicted octanol–water partition coefficient (Wildman–Crippen LogP) is 4.28. The number of aliphatic carboxylic acids is 1. The Balaban J connectivity index is 0.000000479. The zero-order valence-electron chi connectivity index (χ0n) is 19.9. The molecule has 2 heterocycles. The number of aromatic amines is 1. The van der Waals surface area contributed by atoms with Crippen molar-refractivity contribution < 1.29 is 36.6 Å². The first kappa shape index (κ1) is 27.8. The van der Waals surface area contributed by atoms with E-state index in [-0.39, 0.29) is 18.6 Å². The van der Waals surface area contributed by atoms with E-state index < -0.39 is 23.8 Å². The molecule has 0 radical (unpaired) electrons. The summed E-state index contributed by atoms with van der Waals surface area (Å²) < 4.78 is 59.3. The van der Waals surface area contributed by atoms with Crippen LogP contribution < -0.4 is 5.32 Å². The lowest BCUT2D eigenvalue weighted by atomic mass is 10.0. The molecule has 0 unspecified atom stereocenters. The molecular weight excluding hydrogens is 501 g/mol. The van der Waals surface area contributed by atoms with Crippen LogP contribution in [-0.2, 0) is 17.9 Å². The van der Waals surface area contributed by atoms with Crippen LogP contribution >= 0.6 is 0 Å². The van der Waals surface area contributed by atoms with E-state index in [2.05, 4.69) is 20.4 Å². The molecule has 0 spiro atoms. The van der Waals surface area contributed by atoms with Crippen molar-refractivity contribution in [1.29, 1.82) is 0 Å². The fourth-order valence-electron chi connectivity index (χ4n) is 3.89. The van der Waals surface area contributed by atoms with E-state index in [1.807, 2.05) is 25.2 Å². The first-order valence-electron chi connectivity index (χ1n) is 11.3. The minimum Gasteiger partial charge on any atom is -0.475 e. The fraction of sp³-hybridized carbons (Fsp3) is 0.375. The molecule has 1 fully saturated rings. The van der Waals surface area contributed by atoms with Crippen LogP contribution in [0.3, 0.4) is 0 Å². The summed E-state index contributed by atoms with van der Waals surface area (Å²) in [5.74, 6) is -4.01. The first-order chi connectivity index (χ1) is 17.4. The standard InChI is InChI=1S/C22H25F2N5O.C2HF3O2/c1-28-8-6-19(7-9-28)29(14-16-3-4-18(23)11-20(16)24)22(30)25-12-15-2-5-21-17(10-15)13-26-27-21;3-2(4,5)1(6)7/h2-5,10-11,13,19H,6-9,12,14H2,1H3,(H,25,30)(H,26,27);(H,6,7). The normalized spacial score (nSPS) is 14.6. The summed E-state index contributed by atoms with van der Waals surface area (Å²) >= 11 is 0. The first-order valence-corrected chi connectivity index (χ1v) is 11.3. The second-order valence-corrected chi connectivity index (χ2v) is 8.65. The highest BCUT2D eigenvalue weighted by atomic mass is 19.4. The molecule has 0 aliphatic carbocycles. The summed E-state index contributed by atoms with van der Waals surface area (Å²) in [6, 6.07) is 9.07. The molecule has 0 bridgehead atoms. The summed E-state index contributed by atoms with van der Waals surface area (Å²) in [5, 5.41) is 18.0. The Morgan fingerprint density at radius 1 is 1.16 bits per heavy atom. The van der Waals surface area contributed by atoms with Crippen molar-refractivity contribution in [3.63, 3.8) is 0 Å². The number of nitrogens with zero attached hydrogens (tertiary/aromatic N) is 3. The van der Waals surface area contributed by atoms with Crippen LogP contribution in [0.25, 0.3) is 10.9 Å². The van der Waals surface area contributed by atoms with Gasteiger partial charge >= 0.3 is 18.2 Å². The molecule has 1 aliphatic heterocycles. The van der Waals surface area contributed by atoms with E-state index in [9.17, 15) is 26.7 Å². The number of hydrogen-bond donors (Lipinski definition) is 3. The van der Waals surface area contributed by atoms with Crippen molar-refractivity contribution in [2.75, 3.05) is 20.1 Å². The third-order valence-corrected chi connectivity index (χ3v) is 5.94. The van der Waals surface area contributed by atoms with Crippen molar-refractivity contribution in [2.45, 2.75) is 38.1 Å². The molecule has 1 saturated heterocycles. The van der Waals surface area contributed by atoms with Gasteiger partial charge in [0.15, 0.2) is 0 Å². The minimum atomic E-state index is -5.08. The smallest absolute Gasteiger partial charge is 0.475 e. The third kappa shape index (κ3) is 7.87. The van der Waals surface area contributed by atoms with Crippen LogP contribution in [-0.4, -0.2) is 69.5 Å². The van der Waals surface area contributed by atoms with E-state index in [0.717, 1.165) is 48.5 Å². The number of likely N-dealkylation sites (tertiary alicyclic amines) is 1. The molecule has 1 aliphatic rings. The lowest BCUT2D eigenvalue weighted by Gasteiger charge is -2.37. The topological polar surface area (TPSA) is 102 Å². The number of carbonyl (C=O) groups excluding carboxylic acids is 1. The number of hydrogen-bond acceptors (Lipinski definition) is 4. The van der Waals surface area contributed by atoms with Gasteiger partial charge in [0.05, 0.1) is 18.3 Å². The number of amides is 2. The Hall–Kier alpha value is -3.74. The maximum absolute atomic E-state index is 14.3. The van der Waals surface area contributed by atoms with Crippen molar-refractivity contribution >= 4 is 22.9 Å². The lowest BCUT2D eigenvalue weighted by molar-refractivity contribution is -0.192. The molecule has 2 amide bonds. The molecule has 13 heteroatoms. The van der Waals surface area contributed by atoms with E-state index in [0.29, 0.717) is 12.1 Å². The summed E-state index contributed by atoms with van der Waals surface area (Å²) in [6.45, 7) is 2.21. The Morgan fingerprint density at radius 2 is 1.84 bits per heavy atom. The number of piperidine rings is 1. The predicted molar refractivity (Wildman–Crippen MR) is 124 cm³/mol. The number of carbonyl (C=O) groups is 2. The number of alkyl halides is 3. The number of urea groups is 1. The van der Waals surface area contributed by atoms with Crippen LogP contribution in [0.15, 0.2) is 42.6 Å². The van der Waals surface area contributed by atoms with E-state index in [1.54, 1.807) is 11.1 Å². The van der Waals surface area contributed by atoms with Crippen LogP contribution in [0.5, 0.6) is 0 Å². The van der Waals surface area contributed by atoms with Gasteiger partial charge in [0.25, 0.3) is 0 Å². The molecule has 200 valence electrons. The zero-order valence-corrected chi connectivity index (χ0v) is 19.9. The van der Waals surface area contributed by atoms with E-state index >= 15 is 0 Å². The second-order valence-electron chi connectivity index (χ2n) is 8.65. The number of halogens is 5. The van der Waals surface area contributed by atoms with Crippen LogP contribution in [0.4, 0.5) is 26.7 Å². The number of nitrogens with one attached hydrogen (secondary N) is 2. The van der Waals surface area contributed by atoms with Gasteiger partial charge in [0.2, 0.25) is 0 Å². The Labute approximate surface area is 209 Å². The highest BCUT2D eigenvalue weighted by Crippen LogP contribution is 2.21. The maximum atomic E-state index is 14.3. The molecule has 3 N–H and O–H groups in total. The van der Waals surface area contributed by atoms with Gasteiger partial charge in [0.1, 0.15) is 11.6 Å². The fourth-order valence-corrected chi connectivity index (χ4v) is 3.89. The monoisotopic (exact) mass is 527 g/mol. The minimum absolute atomic E-state index is 0.00186. The number of H-pyrrole nitrogens is 1. The highest BCUT2D eigenvalue weighted by molar-refractivity contribution is 5.79. The molecule has 0 saturated carbocycles. The SMILES string of the molecule is CN1CCC(N(Cc2ccc(F)cc2F)C(=O)NCc2ccc3[nH]ncc3c2)CC1.O=C(O)C(F)(F)F. The molecule has 8 nitrogen and oxygen atoms in total. The van der Waals surface area contributed by atoms with Gasteiger partial charge in [-0.2, -0.15) is 18.3 Å². The average molecular weight is 527 g/mol. The van der Waals surface area contributed by atoms with Crippen molar-refractivity contribution in [3.8, 4) is 0 Å². The number of carboxylic acids is 1. The van der Waals surface area contributed by atoms with Gasteiger partial charge in [-0.25, -0.2) is 18.4 Å². The van der Waals surface area contributed by atoms with Gasteiger partial charge in [-0.15, -0.1) is 0 Å². The molecular formula is C24H26F5N5O3. The van der Waals surface area contributed by atoms with E-state index in [4.69, 9.17) is 9.90 Å². The second kappa shape index (κ2) is 12.0. The van der Waals surface area contributed by atoms with Gasteiger partial charge in [-0.05, 0) is 56.7 Å². The summed E-state index contributed by atoms with van der Waals surface area (Å²) in [7, 11) is 2.05. The summed E-state index contributed by atoms with van der Waals surface area (Å²) in [5.41, 5.74) is 2.20. The Morgan fingerprint density at radius 3 is 2.46 bits per heavy atom. The Bertz CT molecular complexity index is 1220. The van der Waals surface area contributed by atoms with Crippen LogP contribution in [0.1, 0.15) is 24.0 Å². The molecule has 4 rings (SSSR count). The number of fused-ring (bicyclic) bond motifs is 1. The number of benzene rings is 2. The number of carboxylic acid groups (broad SMARTS) is 1. The average Bonchev–Trinajstić information content (AvgIpc) is 3.31. The quantitative estimate of drug-likeness (QED) is 0.430. The van der Waals surface area contributed by atoms with Gasteiger partial charge in [-0.1, -0.05) is 12.1 Å². The van der Waals surface area contributed by atoms with Gasteiger partial charge < -0.3 is 20.2 Å². The van der Waals surface area contributed by atoms with Crippen LogP contribution in [0, 0.1) is 11.6 Å². The lowest BCUT2D eigenvalue weighted by Crippen LogP contribution is -2.49. The molecule has 37 heavy (non-hydrogen) atoms. The van der Waals surface area contributed by atoms with Crippen molar-refractivity contribution in [2.24, 2.45) is 0 Å². The molecule has 0 atom stereocenters. The summed E-state index contributed by atoms with van der Waals surface area (Å²) in [6.07, 6.45) is -1.72. The maximum Gasteiger partial charge on any atom is 0.490 e. The largest absolute Gasteiger partial charge is 0.490 e. The highest BCUT2D eigenvalue weighted by Gasteiger charge is 2.38.